The molecule has 0 amide bonds. The number of hydrogen-bond acceptors (Lipinski definition) is 4. The van der Waals surface area contributed by atoms with Crippen LogP contribution in [0.1, 0.15) is 17.2 Å². The Hall–Kier alpha value is -0.910. The summed E-state index contributed by atoms with van der Waals surface area (Å²) in [5, 5.41) is 3.24. The Balaban J connectivity index is 2.44. The first kappa shape index (κ1) is 14.5. The van der Waals surface area contributed by atoms with E-state index in [2.05, 4.69) is 21.2 Å². The summed E-state index contributed by atoms with van der Waals surface area (Å²) in [4.78, 5) is 12.1. The van der Waals surface area contributed by atoms with Crippen molar-refractivity contribution in [3.05, 3.63) is 33.8 Å². The number of esters is 1. The van der Waals surface area contributed by atoms with Crippen LogP contribution in [0.4, 0.5) is 0 Å². The molecule has 1 aromatic rings. The van der Waals surface area contributed by atoms with Crippen molar-refractivity contribution in [1.29, 1.82) is 0 Å². The summed E-state index contributed by atoms with van der Waals surface area (Å²) in [7, 11) is 3.27. The molecule has 0 saturated carbocycles. The standard InChI is InChI=1S/C14H18BrNO3/c1-9-4-5-10(15)6-11(9)12(16-2)14(7-19-8-14)13(17)18-3/h4-6,12,16H,7-8H2,1-3H3. The van der Waals surface area contributed by atoms with E-state index in [1.807, 2.05) is 32.2 Å². The van der Waals surface area contributed by atoms with Crippen molar-refractivity contribution in [2.24, 2.45) is 5.41 Å². The molecule has 19 heavy (non-hydrogen) atoms. The second-order valence-electron chi connectivity index (χ2n) is 4.86. The number of carbonyl (C=O) groups excluding carboxylic acids is 1. The molecule has 1 unspecified atom stereocenters. The third kappa shape index (κ3) is 2.42. The number of hydrogen-bond donors (Lipinski definition) is 1. The van der Waals surface area contributed by atoms with Crippen LogP contribution in [0.2, 0.25) is 0 Å². The molecule has 1 atom stereocenters. The van der Waals surface area contributed by atoms with Gasteiger partial charge in [0, 0.05) is 4.47 Å². The zero-order chi connectivity index (χ0) is 14.0. The van der Waals surface area contributed by atoms with E-state index < -0.39 is 5.41 Å². The maximum Gasteiger partial charge on any atom is 0.318 e. The predicted molar refractivity (Wildman–Crippen MR) is 75.9 cm³/mol. The number of nitrogens with one attached hydrogen (secondary N) is 1. The van der Waals surface area contributed by atoms with Crippen LogP contribution in [0.15, 0.2) is 22.7 Å². The Morgan fingerprint density at radius 2 is 2.21 bits per heavy atom. The molecule has 104 valence electrons. The van der Waals surface area contributed by atoms with Crippen molar-refractivity contribution in [1.82, 2.24) is 5.32 Å². The minimum absolute atomic E-state index is 0.119. The molecule has 0 aliphatic carbocycles. The highest BCUT2D eigenvalue weighted by Gasteiger charge is 2.53. The molecule has 1 aliphatic rings. The molecule has 1 heterocycles. The van der Waals surface area contributed by atoms with Crippen molar-refractivity contribution in [3.63, 3.8) is 0 Å². The van der Waals surface area contributed by atoms with Crippen LogP contribution in [0, 0.1) is 12.3 Å². The second kappa shape index (κ2) is 5.61. The fourth-order valence-electron chi connectivity index (χ4n) is 2.58. The molecule has 4 nitrogen and oxygen atoms in total. The van der Waals surface area contributed by atoms with Crippen molar-refractivity contribution in [2.45, 2.75) is 13.0 Å². The van der Waals surface area contributed by atoms with Gasteiger partial charge in [-0.2, -0.15) is 0 Å². The summed E-state index contributed by atoms with van der Waals surface area (Å²) >= 11 is 3.48. The SMILES string of the molecule is CNC(c1cc(Br)ccc1C)C1(C(=O)OC)COC1. The number of aryl methyl sites for hydroxylation is 1. The number of halogens is 1. The zero-order valence-electron chi connectivity index (χ0n) is 11.3. The lowest BCUT2D eigenvalue weighted by atomic mass is 9.74. The van der Waals surface area contributed by atoms with Crippen LogP contribution in [-0.2, 0) is 14.3 Å². The normalized spacial score (nSPS) is 18.5. The molecular formula is C14H18BrNO3. The molecule has 1 aliphatic heterocycles. The van der Waals surface area contributed by atoms with Gasteiger partial charge in [-0.05, 0) is 37.2 Å². The molecule has 5 heteroatoms. The minimum Gasteiger partial charge on any atom is -0.468 e. The Labute approximate surface area is 121 Å². The van der Waals surface area contributed by atoms with Crippen molar-refractivity contribution < 1.29 is 14.3 Å². The lowest BCUT2D eigenvalue weighted by Gasteiger charge is -2.44. The third-order valence-corrected chi connectivity index (χ3v) is 4.20. The predicted octanol–water partition coefficient (Wildman–Crippen LogP) is 2.21. The summed E-state index contributed by atoms with van der Waals surface area (Å²) in [5.41, 5.74) is 1.60. The van der Waals surface area contributed by atoms with Crippen molar-refractivity contribution in [2.75, 3.05) is 27.4 Å². The van der Waals surface area contributed by atoms with Gasteiger partial charge in [-0.25, -0.2) is 0 Å². The van der Waals surface area contributed by atoms with Crippen LogP contribution in [0.25, 0.3) is 0 Å². The fourth-order valence-corrected chi connectivity index (χ4v) is 2.96. The molecule has 0 spiro atoms. The molecule has 0 aromatic heterocycles. The first-order chi connectivity index (χ1) is 9.05. The lowest BCUT2D eigenvalue weighted by molar-refractivity contribution is -0.190. The van der Waals surface area contributed by atoms with E-state index in [0.717, 1.165) is 15.6 Å². The molecule has 1 saturated heterocycles. The molecule has 2 rings (SSSR count). The molecule has 1 N–H and O–H groups in total. The number of methoxy groups -OCH3 is 1. The Morgan fingerprint density at radius 1 is 1.53 bits per heavy atom. The van der Waals surface area contributed by atoms with Gasteiger partial charge in [0.05, 0.1) is 26.4 Å². The Morgan fingerprint density at radius 3 is 2.68 bits per heavy atom. The first-order valence-electron chi connectivity index (χ1n) is 6.14. The summed E-state index contributed by atoms with van der Waals surface area (Å²) < 4.78 is 11.2. The van der Waals surface area contributed by atoms with Crippen LogP contribution in [0.5, 0.6) is 0 Å². The van der Waals surface area contributed by atoms with Crippen molar-refractivity contribution >= 4 is 21.9 Å². The van der Waals surface area contributed by atoms with E-state index >= 15 is 0 Å². The Kier molecular flexibility index (Phi) is 4.28. The lowest BCUT2D eigenvalue weighted by Crippen LogP contribution is -2.57. The van der Waals surface area contributed by atoms with E-state index in [1.165, 1.54) is 7.11 Å². The van der Waals surface area contributed by atoms with Gasteiger partial charge in [-0.15, -0.1) is 0 Å². The van der Waals surface area contributed by atoms with E-state index in [0.29, 0.717) is 13.2 Å². The monoisotopic (exact) mass is 327 g/mol. The van der Waals surface area contributed by atoms with Crippen LogP contribution < -0.4 is 5.32 Å². The number of carbonyl (C=O) groups is 1. The van der Waals surface area contributed by atoms with Gasteiger partial charge < -0.3 is 14.8 Å². The average molecular weight is 328 g/mol. The summed E-state index contributed by atoms with van der Waals surface area (Å²) in [6.45, 7) is 2.81. The largest absolute Gasteiger partial charge is 0.468 e. The smallest absolute Gasteiger partial charge is 0.318 e. The topological polar surface area (TPSA) is 47.6 Å². The van der Waals surface area contributed by atoms with Gasteiger partial charge in [-0.1, -0.05) is 22.0 Å². The fraction of sp³-hybridized carbons (Fsp3) is 0.500. The molecule has 0 radical (unpaired) electrons. The van der Waals surface area contributed by atoms with Gasteiger partial charge >= 0.3 is 5.97 Å². The molecule has 1 fully saturated rings. The summed E-state index contributed by atoms with van der Waals surface area (Å²) in [6, 6.07) is 5.95. The maximum absolute atomic E-state index is 12.1. The Bertz CT molecular complexity index is 486. The van der Waals surface area contributed by atoms with Crippen molar-refractivity contribution in [3.8, 4) is 0 Å². The molecule has 0 bridgehead atoms. The van der Waals surface area contributed by atoms with Crippen LogP contribution in [-0.4, -0.2) is 33.3 Å². The van der Waals surface area contributed by atoms with Gasteiger partial charge in [-0.3, -0.25) is 4.79 Å². The van der Waals surface area contributed by atoms with E-state index in [4.69, 9.17) is 9.47 Å². The molecule has 1 aromatic carbocycles. The maximum atomic E-state index is 12.1. The van der Waals surface area contributed by atoms with Gasteiger partial charge in [0.2, 0.25) is 0 Å². The number of ether oxygens (including phenoxy) is 2. The van der Waals surface area contributed by atoms with E-state index in [9.17, 15) is 4.79 Å². The minimum atomic E-state index is -0.630. The third-order valence-electron chi connectivity index (χ3n) is 3.70. The quantitative estimate of drug-likeness (QED) is 0.861. The number of benzene rings is 1. The van der Waals surface area contributed by atoms with Crippen LogP contribution in [0.3, 0.4) is 0 Å². The highest BCUT2D eigenvalue weighted by molar-refractivity contribution is 9.10. The van der Waals surface area contributed by atoms with E-state index in [-0.39, 0.29) is 12.0 Å². The van der Waals surface area contributed by atoms with E-state index in [1.54, 1.807) is 0 Å². The summed E-state index contributed by atoms with van der Waals surface area (Å²) in [6.07, 6.45) is 0. The van der Waals surface area contributed by atoms with Crippen LogP contribution >= 0.6 is 15.9 Å². The molecular weight excluding hydrogens is 310 g/mol. The van der Waals surface area contributed by atoms with Gasteiger partial charge in [0.1, 0.15) is 5.41 Å². The number of rotatable bonds is 4. The highest BCUT2D eigenvalue weighted by atomic mass is 79.9. The summed E-state index contributed by atoms with van der Waals surface area (Å²) in [5.74, 6) is -0.225. The first-order valence-corrected chi connectivity index (χ1v) is 6.94. The highest BCUT2D eigenvalue weighted by Crippen LogP contribution is 2.43. The second-order valence-corrected chi connectivity index (χ2v) is 5.78. The van der Waals surface area contributed by atoms with Gasteiger partial charge in [0.25, 0.3) is 0 Å². The average Bonchev–Trinajstić information content (AvgIpc) is 2.36. The zero-order valence-corrected chi connectivity index (χ0v) is 12.9. The van der Waals surface area contributed by atoms with Gasteiger partial charge in [0.15, 0.2) is 0 Å².